The van der Waals surface area contributed by atoms with Crippen LogP contribution in [-0.4, -0.2) is 56.3 Å². The maximum absolute atomic E-state index is 5.97. The van der Waals surface area contributed by atoms with Gasteiger partial charge in [-0.3, -0.25) is 0 Å². The van der Waals surface area contributed by atoms with Gasteiger partial charge >= 0.3 is 0 Å². The first-order valence-electron chi connectivity index (χ1n) is 10.1. The van der Waals surface area contributed by atoms with Crippen molar-refractivity contribution in [2.45, 2.75) is 90.1 Å². The molecule has 0 aliphatic heterocycles. The van der Waals surface area contributed by atoms with Crippen molar-refractivity contribution in [1.29, 1.82) is 0 Å². The van der Waals surface area contributed by atoms with Crippen LogP contribution < -0.4 is 0 Å². The van der Waals surface area contributed by atoms with E-state index in [0.717, 1.165) is 39.3 Å². The van der Waals surface area contributed by atoms with Crippen molar-refractivity contribution in [2.75, 3.05) is 26.4 Å². The van der Waals surface area contributed by atoms with Gasteiger partial charge in [0.05, 0.1) is 19.0 Å². The summed E-state index contributed by atoms with van der Waals surface area (Å²) in [6, 6.07) is 2.59. The van der Waals surface area contributed by atoms with Crippen molar-refractivity contribution in [3.63, 3.8) is 0 Å². The summed E-state index contributed by atoms with van der Waals surface area (Å²) in [5.74, 6) is 0. The number of unbranched alkanes of at least 4 members (excludes halogenated alkanes) is 1. The molecule has 0 saturated heterocycles. The maximum Gasteiger partial charge on any atom is 0.144 e. The van der Waals surface area contributed by atoms with E-state index in [9.17, 15) is 0 Å². The molecule has 0 aliphatic carbocycles. The summed E-state index contributed by atoms with van der Waals surface area (Å²) in [6.45, 7) is 15.6. The van der Waals surface area contributed by atoms with Crippen molar-refractivity contribution in [1.82, 2.24) is 0 Å². The van der Waals surface area contributed by atoms with E-state index in [1.54, 1.807) is 0 Å². The van der Waals surface area contributed by atoms with Crippen molar-refractivity contribution >= 4 is 19.0 Å². The highest BCUT2D eigenvalue weighted by atomic mass is 28.2. The molecule has 24 heavy (non-hydrogen) atoms. The summed E-state index contributed by atoms with van der Waals surface area (Å²) in [5.41, 5.74) is -0.463. The molecule has 0 aromatic rings. The molecular weight excluding hydrogens is 336 g/mol. The fourth-order valence-corrected chi connectivity index (χ4v) is 7.71. The largest absolute Gasteiger partial charge is 0.355 e. The third kappa shape index (κ3) is 9.10. The topological polar surface area (TPSA) is 36.9 Å². The first-order chi connectivity index (χ1) is 11.6. The molecular formula is C18H42O4Si2. The molecule has 0 fully saturated rings. The minimum absolute atomic E-state index is 0.231. The van der Waals surface area contributed by atoms with Gasteiger partial charge in [-0.25, -0.2) is 0 Å². The fraction of sp³-hybridized carbons (Fsp3) is 1.00. The van der Waals surface area contributed by atoms with Crippen LogP contribution in [0.1, 0.15) is 67.2 Å². The highest BCUT2D eigenvalue weighted by Gasteiger charge is 2.30. The Morgan fingerprint density at radius 2 is 0.833 bits per heavy atom. The van der Waals surface area contributed by atoms with Crippen LogP contribution in [0.5, 0.6) is 0 Å². The lowest BCUT2D eigenvalue weighted by Gasteiger charge is -2.33. The van der Waals surface area contributed by atoms with E-state index >= 15 is 0 Å². The molecule has 0 bridgehead atoms. The molecule has 0 spiro atoms. The van der Waals surface area contributed by atoms with Gasteiger partial charge in [-0.05, 0) is 40.5 Å². The zero-order valence-corrected chi connectivity index (χ0v) is 19.9. The second-order valence-electron chi connectivity index (χ2n) is 6.17. The molecule has 0 amide bonds. The fourth-order valence-electron chi connectivity index (χ4n) is 3.33. The normalized spacial score (nSPS) is 13.8. The predicted molar refractivity (Wildman–Crippen MR) is 108 cm³/mol. The standard InChI is InChI=1S/C18H42O4Si2/c1-7-17(19-9-3,20-10-4)23-15-13-14-16-24-18(8-2,21-11-5)22-12-6/h7-16,23-24H2,1-6H3. The summed E-state index contributed by atoms with van der Waals surface area (Å²) >= 11 is 0. The molecule has 4 nitrogen and oxygen atoms in total. The van der Waals surface area contributed by atoms with Gasteiger partial charge in [0.2, 0.25) is 0 Å². The zero-order valence-electron chi connectivity index (χ0n) is 17.1. The molecule has 0 aromatic carbocycles. The SMILES string of the molecule is CCOC(CC)(OCC)[SiH2]CCCC[SiH2]C(CC)(OCC)OCC. The lowest BCUT2D eigenvalue weighted by Crippen LogP contribution is -2.42. The number of hydrogen-bond donors (Lipinski definition) is 0. The quantitative estimate of drug-likeness (QED) is 0.221. The Balaban J connectivity index is 4.18. The van der Waals surface area contributed by atoms with E-state index in [2.05, 4.69) is 41.5 Å². The Bertz CT molecular complexity index is 250. The summed E-state index contributed by atoms with van der Waals surface area (Å²) in [7, 11) is -0.763. The molecule has 0 heterocycles. The van der Waals surface area contributed by atoms with E-state index in [4.69, 9.17) is 18.9 Å². The predicted octanol–water partition coefficient (Wildman–Crippen LogP) is 3.21. The average Bonchev–Trinajstić information content (AvgIpc) is 2.58. The first-order valence-corrected chi connectivity index (χ1v) is 13.5. The minimum atomic E-state index is -0.382. The third-order valence-electron chi connectivity index (χ3n) is 4.57. The Kier molecular flexibility index (Phi) is 14.6. The van der Waals surface area contributed by atoms with Gasteiger partial charge in [-0.2, -0.15) is 0 Å². The van der Waals surface area contributed by atoms with E-state index in [0.29, 0.717) is 0 Å². The molecule has 0 unspecified atom stereocenters. The smallest absolute Gasteiger partial charge is 0.144 e. The monoisotopic (exact) mass is 378 g/mol. The van der Waals surface area contributed by atoms with E-state index in [1.165, 1.54) is 24.9 Å². The molecule has 0 aliphatic rings. The molecule has 0 N–H and O–H groups in total. The Morgan fingerprint density at radius 3 is 1.04 bits per heavy atom. The van der Waals surface area contributed by atoms with E-state index in [-0.39, 0.29) is 29.9 Å². The average molecular weight is 379 g/mol. The van der Waals surface area contributed by atoms with Gasteiger partial charge in [0.25, 0.3) is 0 Å². The van der Waals surface area contributed by atoms with Crippen molar-refractivity contribution in [2.24, 2.45) is 0 Å². The van der Waals surface area contributed by atoms with Crippen LogP contribution in [-0.2, 0) is 18.9 Å². The number of ether oxygens (including phenoxy) is 4. The van der Waals surface area contributed by atoms with Crippen molar-refractivity contribution in [3.8, 4) is 0 Å². The number of rotatable bonds is 17. The van der Waals surface area contributed by atoms with Gasteiger partial charge in [-0.15, -0.1) is 0 Å². The van der Waals surface area contributed by atoms with Gasteiger partial charge in [0.15, 0.2) is 0 Å². The lowest BCUT2D eigenvalue weighted by atomic mass is 10.4. The zero-order chi connectivity index (χ0) is 18.3. The first kappa shape index (κ1) is 24.3. The van der Waals surface area contributed by atoms with E-state index < -0.39 is 0 Å². The van der Waals surface area contributed by atoms with Gasteiger partial charge < -0.3 is 18.9 Å². The molecule has 0 rings (SSSR count). The maximum atomic E-state index is 5.97. The van der Waals surface area contributed by atoms with E-state index in [1.807, 2.05) is 0 Å². The second kappa shape index (κ2) is 14.4. The van der Waals surface area contributed by atoms with Gasteiger partial charge in [0, 0.05) is 26.4 Å². The van der Waals surface area contributed by atoms with Crippen molar-refractivity contribution < 1.29 is 18.9 Å². The summed E-state index contributed by atoms with van der Waals surface area (Å²) in [4.78, 5) is 0. The Morgan fingerprint density at radius 1 is 0.542 bits per heavy atom. The van der Waals surface area contributed by atoms with Crippen LogP contribution in [0.3, 0.4) is 0 Å². The van der Waals surface area contributed by atoms with Gasteiger partial charge in [0.1, 0.15) is 10.8 Å². The van der Waals surface area contributed by atoms with Gasteiger partial charge in [-0.1, -0.05) is 38.8 Å². The highest BCUT2D eigenvalue weighted by Crippen LogP contribution is 2.21. The molecule has 0 radical (unpaired) electrons. The van der Waals surface area contributed by atoms with Crippen LogP contribution in [0, 0.1) is 0 Å². The minimum Gasteiger partial charge on any atom is -0.355 e. The van der Waals surface area contributed by atoms with Crippen LogP contribution in [0.4, 0.5) is 0 Å². The van der Waals surface area contributed by atoms with Crippen LogP contribution in [0.2, 0.25) is 12.1 Å². The molecule has 6 heteroatoms. The number of hydrogen-bond acceptors (Lipinski definition) is 4. The summed E-state index contributed by atoms with van der Waals surface area (Å²) < 4.78 is 23.9. The summed E-state index contributed by atoms with van der Waals surface area (Å²) in [5, 5.41) is 0. The second-order valence-corrected chi connectivity index (χ2v) is 10.7. The molecule has 146 valence electrons. The molecule has 0 aromatic heterocycles. The highest BCUT2D eigenvalue weighted by molar-refractivity contribution is 6.39. The molecule has 0 atom stereocenters. The Hall–Kier alpha value is 0.274. The van der Waals surface area contributed by atoms with Crippen LogP contribution in [0.15, 0.2) is 0 Å². The van der Waals surface area contributed by atoms with Crippen LogP contribution in [0.25, 0.3) is 0 Å². The summed E-state index contributed by atoms with van der Waals surface area (Å²) in [6.07, 6.45) is 4.53. The van der Waals surface area contributed by atoms with Crippen LogP contribution >= 0.6 is 0 Å². The van der Waals surface area contributed by atoms with Crippen molar-refractivity contribution in [3.05, 3.63) is 0 Å². The lowest BCUT2D eigenvalue weighted by molar-refractivity contribution is -0.177. The Labute approximate surface area is 155 Å². The molecule has 0 saturated carbocycles. The third-order valence-corrected chi connectivity index (χ3v) is 9.62.